The third-order valence-corrected chi connectivity index (χ3v) is 3.85. The Bertz CT molecular complexity index is 625. The van der Waals surface area contributed by atoms with Crippen molar-refractivity contribution in [3.8, 4) is 0 Å². The third kappa shape index (κ3) is 4.60. The second-order valence-electron chi connectivity index (χ2n) is 5.72. The van der Waals surface area contributed by atoms with Gasteiger partial charge in [-0.05, 0) is 43.9 Å². The second kappa shape index (κ2) is 8.19. The highest BCUT2D eigenvalue weighted by molar-refractivity contribution is 5.80. The fourth-order valence-corrected chi connectivity index (χ4v) is 2.21. The van der Waals surface area contributed by atoms with Crippen molar-refractivity contribution in [3.63, 3.8) is 0 Å². The molecular weight excluding hydrogens is 264 g/mol. The maximum absolute atomic E-state index is 2.23. The summed E-state index contributed by atoms with van der Waals surface area (Å²) in [6.45, 7) is 6.52. The van der Waals surface area contributed by atoms with Crippen LogP contribution in [0.5, 0.6) is 0 Å². The molecule has 22 heavy (non-hydrogen) atoms. The average molecular weight is 288 g/mol. The van der Waals surface area contributed by atoms with Gasteiger partial charge in [0.25, 0.3) is 0 Å². The molecule has 0 bridgehead atoms. The van der Waals surface area contributed by atoms with E-state index >= 15 is 0 Å². The second-order valence-corrected chi connectivity index (χ2v) is 5.72. The molecule has 2 aromatic carbocycles. The SMILES string of the molecule is CC(C)=C(C)C/C=C/C=C(c1ccccc1)c1ccccc1. The first-order valence-corrected chi connectivity index (χ1v) is 7.79. The van der Waals surface area contributed by atoms with Crippen LogP contribution >= 0.6 is 0 Å². The molecule has 0 aliphatic heterocycles. The molecule has 2 rings (SSSR count). The van der Waals surface area contributed by atoms with Gasteiger partial charge in [0, 0.05) is 0 Å². The summed E-state index contributed by atoms with van der Waals surface area (Å²) >= 11 is 0. The first-order valence-electron chi connectivity index (χ1n) is 7.79. The van der Waals surface area contributed by atoms with Gasteiger partial charge in [-0.15, -0.1) is 0 Å². The van der Waals surface area contributed by atoms with Crippen LogP contribution in [0.15, 0.2) is 90.0 Å². The molecule has 0 unspecified atom stereocenters. The molecule has 0 heterocycles. The van der Waals surface area contributed by atoms with E-state index in [0.29, 0.717) is 0 Å². The lowest BCUT2D eigenvalue weighted by atomic mass is 9.97. The molecule has 2 aromatic rings. The van der Waals surface area contributed by atoms with E-state index in [-0.39, 0.29) is 0 Å². The molecule has 0 fully saturated rings. The van der Waals surface area contributed by atoms with E-state index in [0.717, 1.165) is 6.42 Å². The quantitative estimate of drug-likeness (QED) is 0.440. The van der Waals surface area contributed by atoms with Crippen molar-refractivity contribution < 1.29 is 0 Å². The summed E-state index contributed by atoms with van der Waals surface area (Å²) in [6, 6.07) is 21.1. The maximum Gasteiger partial charge on any atom is -0.0112 e. The highest BCUT2D eigenvalue weighted by atomic mass is 14.1. The van der Waals surface area contributed by atoms with Gasteiger partial charge >= 0.3 is 0 Å². The van der Waals surface area contributed by atoms with Gasteiger partial charge in [-0.3, -0.25) is 0 Å². The molecule has 0 radical (unpaired) electrons. The Kier molecular flexibility index (Phi) is 5.97. The summed E-state index contributed by atoms with van der Waals surface area (Å²) in [4.78, 5) is 0. The van der Waals surface area contributed by atoms with Gasteiger partial charge in [0.15, 0.2) is 0 Å². The van der Waals surface area contributed by atoms with Gasteiger partial charge in [-0.1, -0.05) is 90.0 Å². The zero-order chi connectivity index (χ0) is 15.8. The normalized spacial score (nSPS) is 10.5. The molecule has 112 valence electrons. The van der Waals surface area contributed by atoms with E-state index < -0.39 is 0 Å². The van der Waals surface area contributed by atoms with Crippen LogP contribution in [0, 0.1) is 0 Å². The zero-order valence-electron chi connectivity index (χ0n) is 13.7. The van der Waals surface area contributed by atoms with Gasteiger partial charge in [0.2, 0.25) is 0 Å². The van der Waals surface area contributed by atoms with Crippen molar-refractivity contribution >= 4 is 5.57 Å². The van der Waals surface area contributed by atoms with Crippen LogP contribution in [0.25, 0.3) is 5.57 Å². The largest absolute Gasteiger partial charge is 0.0805 e. The molecule has 0 saturated heterocycles. The summed E-state index contributed by atoms with van der Waals surface area (Å²) in [7, 11) is 0. The van der Waals surface area contributed by atoms with E-state index in [9.17, 15) is 0 Å². The Morgan fingerprint density at radius 1 is 0.773 bits per heavy atom. The number of benzene rings is 2. The van der Waals surface area contributed by atoms with Gasteiger partial charge in [-0.2, -0.15) is 0 Å². The molecule has 0 heteroatoms. The van der Waals surface area contributed by atoms with Crippen LogP contribution < -0.4 is 0 Å². The Balaban J connectivity index is 2.28. The van der Waals surface area contributed by atoms with Crippen LogP contribution in [0.2, 0.25) is 0 Å². The van der Waals surface area contributed by atoms with E-state index in [1.807, 2.05) is 0 Å². The lowest BCUT2D eigenvalue weighted by Gasteiger charge is -2.07. The summed E-state index contributed by atoms with van der Waals surface area (Å²) in [5.74, 6) is 0. The minimum Gasteiger partial charge on any atom is -0.0805 e. The minimum atomic E-state index is 1.01. The van der Waals surface area contributed by atoms with Crippen LogP contribution in [-0.4, -0.2) is 0 Å². The average Bonchev–Trinajstić information content (AvgIpc) is 2.56. The number of allylic oxidation sites excluding steroid dienone is 5. The fourth-order valence-electron chi connectivity index (χ4n) is 2.21. The molecule has 0 N–H and O–H groups in total. The molecule has 0 atom stereocenters. The first kappa shape index (κ1) is 16.0. The standard InChI is InChI=1S/C22H24/c1-18(2)19(3)12-10-11-17-22(20-13-6-4-7-14-20)21-15-8-5-9-16-21/h4-11,13-17H,12H2,1-3H3/b11-10+. The lowest BCUT2D eigenvalue weighted by molar-refractivity contribution is 1.13. The predicted octanol–water partition coefficient (Wildman–Crippen LogP) is 6.42. The molecule has 0 aliphatic carbocycles. The summed E-state index contributed by atoms with van der Waals surface area (Å²) < 4.78 is 0. The van der Waals surface area contributed by atoms with Crippen molar-refractivity contribution in [3.05, 3.63) is 101 Å². The molecule has 0 saturated carbocycles. The van der Waals surface area contributed by atoms with Gasteiger partial charge < -0.3 is 0 Å². The molecular formula is C22H24. The van der Waals surface area contributed by atoms with Crippen molar-refractivity contribution in [2.75, 3.05) is 0 Å². The van der Waals surface area contributed by atoms with E-state index in [1.165, 1.54) is 27.8 Å². The van der Waals surface area contributed by atoms with Gasteiger partial charge in [0.1, 0.15) is 0 Å². The number of hydrogen-bond acceptors (Lipinski definition) is 0. The van der Waals surface area contributed by atoms with Crippen LogP contribution in [0.4, 0.5) is 0 Å². The maximum atomic E-state index is 2.23. The summed E-state index contributed by atoms with van der Waals surface area (Å²) in [5, 5.41) is 0. The molecule has 0 aliphatic rings. The van der Waals surface area contributed by atoms with Gasteiger partial charge in [0.05, 0.1) is 0 Å². The summed E-state index contributed by atoms with van der Waals surface area (Å²) in [6.07, 6.45) is 7.62. The van der Waals surface area contributed by atoms with Crippen LogP contribution in [-0.2, 0) is 0 Å². The topological polar surface area (TPSA) is 0 Å². The van der Waals surface area contributed by atoms with Crippen molar-refractivity contribution in [1.29, 1.82) is 0 Å². The Hall–Kier alpha value is -2.34. The molecule has 0 amide bonds. The van der Waals surface area contributed by atoms with Crippen molar-refractivity contribution in [2.24, 2.45) is 0 Å². The lowest BCUT2D eigenvalue weighted by Crippen LogP contribution is -1.86. The highest BCUT2D eigenvalue weighted by Crippen LogP contribution is 2.23. The van der Waals surface area contributed by atoms with Crippen LogP contribution in [0.3, 0.4) is 0 Å². The number of hydrogen-bond donors (Lipinski definition) is 0. The van der Waals surface area contributed by atoms with E-state index in [1.54, 1.807) is 0 Å². The first-order chi connectivity index (χ1) is 10.7. The van der Waals surface area contributed by atoms with Gasteiger partial charge in [-0.25, -0.2) is 0 Å². The third-order valence-electron chi connectivity index (χ3n) is 3.85. The molecule has 0 spiro atoms. The van der Waals surface area contributed by atoms with E-state index in [4.69, 9.17) is 0 Å². The Morgan fingerprint density at radius 3 is 1.73 bits per heavy atom. The van der Waals surface area contributed by atoms with E-state index in [2.05, 4.69) is 99.7 Å². The molecule has 0 aromatic heterocycles. The zero-order valence-corrected chi connectivity index (χ0v) is 13.7. The highest BCUT2D eigenvalue weighted by Gasteiger charge is 2.02. The summed E-state index contributed by atoms with van der Waals surface area (Å²) in [5.41, 5.74) is 6.59. The fraction of sp³-hybridized carbons (Fsp3) is 0.182. The Morgan fingerprint density at radius 2 is 1.27 bits per heavy atom. The minimum absolute atomic E-state index is 1.01. The predicted molar refractivity (Wildman–Crippen MR) is 97.8 cm³/mol. The van der Waals surface area contributed by atoms with Crippen molar-refractivity contribution in [2.45, 2.75) is 27.2 Å². The smallest absolute Gasteiger partial charge is 0.0112 e. The van der Waals surface area contributed by atoms with Crippen LogP contribution in [0.1, 0.15) is 38.3 Å². The van der Waals surface area contributed by atoms with Crippen molar-refractivity contribution in [1.82, 2.24) is 0 Å². The number of rotatable bonds is 5. The monoisotopic (exact) mass is 288 g/mol. The Labute approximate surface area is 134 Å². The molecule has 0 nitrogen and oxygen atoms in total.